The van der Waals surface area contributed by atoms with Gasteiger partial charge in [0.15, 0.2) is 0 Å². The van der Waals surface area contributed by atoms with Crippen molar-refractivity contribution in [2.75, 3.05) is 31.6 Å². The van der Waals surface area contributed by atoms with Gasteiger partial charge in [0.05, 0.1) is 36.1 Å². The molecule has 5 rings (SSSR count). The van der Waals surface area contributed by atoms with Crippen molar-refractivity contribution >= 4 is 41.2 Å². The minimum absolute atomic E-state index is 0.116. The first-order valence-corrected chi connectivity index (χ1v) is 13.6. The topological polar surface area (TPSA) is 161 Å². The lowest BCUT2D eigenvalue weighted by atomic mass is 9.92. The van der Waals surface area contributed by atoms with E-state index in [1.165, 1.54) is 4.90 Å². The number of aromatic nitrogens is 1. The van der Waals surface area contributed by atoms with Gasteiger partial charge in [-0.1, -0.05) is 19.1 Å². The normalized spacial score (nSPS) is 17.0. The number of aliphatic hydroxyl groups excluding tert-OH is 1. The van der Waals surface area contributed by atoms with Gasteiger partial charge in [-0.2, -0.15) is 0 Å². The quantitative estimate of drug-likeness (QED) is 0.396. The van der Waals surface area contributed by atoms with Crippen LogP contribution in [0.4, 0.5) is 16.2 Å². The maximum absolute atomic E-state index is 13.5. The minimum atomic E-state index is -0.974. The van der Waals surface area contributed by atoms with E-state index in [0.29, 0.717) is 55.1 Å². The Labute approximate surface area is 232 Å². The smallest absolute Gasteiger partial charge is 0.407 e. The number of anilines is 1. The average Bonchev–Trinajstić information content (AvgIpc) is 3.76. The van der Waals surface area contributed by atoms with Crippen LogP contribution < -0.4 is 11.1 Å². The molecule has 1 fully saturated rings. The van der Waals surface area contributed by atoms with Crippen LogP contribution in [0, 0.1) is 0 Å². The Morgan fingerprint density at radius 3 is 2.70 bits per heavy atom. The van der Waals surface area contributed by atoms with E-state index in [-0.39, 0.29) is 37.9 Å². The number of hydrogen-bond donors (Lipinski definition) is 4. The number of carbonyl (C=O) groups excluding carboxylic acids is 2. The monoisotopic (exact) mass is 546 g/mol. The fraction of sp³-hybridized carbons (Fsp3) is 0.414. The number of aliphatic hydroxyl groups is 1. The number of pyridine rings is 1. The third-order valence-corrected chi connectivity index (χ3v) is 7.73. The third kappa shape index (κ3) is 5.42. The zero-order valence-corrected chi connectivity index (χ0v) is 22.5. The fourth-order valence-corrected chi connectivity index (χ4v) is 5.41. The molecule has 210 valence electrons. The molecule has 5 N–H and O–H groups in total. The standard InChI is InChI=1S/C29H34N6O5/c1-2-8-34(10-11-36)26(37)19-12-18-3-4-21(15-24(18)33-25(30)14-19)29(6-7-29)27(38)32-22-13-20-17-35(28(39)40)9-5-23(20)31-16-22/h3-4,12-13,15-16,36H,2,5-11,14,17H2,1H3,(H2,30,33)(H,32,38)(H,39,40). The number of carboxylic acid groups (broad SMARTS) is 1. The summed E-state index contributed by atoms with van der Waals surface area (Å²) in [4.78, 5) is 50.0. The number of carbonyl (C=O) groups is 3. The highest BCUT2D eigenvalue weighted by molar-refractivity contribution is 6.06. The first-order chi connectivity index (χ1) is 19.2. The summed E-state index contributed by atoms with van der Waals surface area (Å²) in [6.45, 7) is 3.29. The Bertz CT molecular complexity index is 1410. The van der Waals surface area contributed by atoms with Crippen molar-refractivity contribution < 1.29 is 24.6 Å². The molecule has 11 nitrogen and oxygen atoms in total. The molecule has 40 heavy (non-hydrogen) atoms. The van der Waals surface area contributed by atoms with Crippen LogP contribution in [0.5, 0.6) is 0 Å². The van der Waals surface area contributed by atoms with Gasteiger partial charge in [0, 0.05) is 49.3 Å². The second kappa shape index (κ2) is 11.1. The van der Waals surface area contributed by atoms with Gasteiger partial charge < -0.3 is 31.1 Å². The van der Waals surface area contributed by atoms with Crippen molar-refractivity contribution in [1.29, 1.82) is 0 Å². The summed E-state index contributed by atoms with van der Waals surface area (Å²) in [6.07, 6.45) is 5.30. The van der Waals surface area contributed by atoms with Crippen molar-refractivity contribution in [3.8, 4) is 0 Å². The summed E-state index contributed by atoms with van der Waals surface area (Å²) in [5.74, 6) is -0.0220. The lowest BCUT2D eigenvalue weighted by Crippen LogP contribution is -2.36. The molecule has 0 spiro atoms. The maximum atomic E-state index is 13.5. The fourth-order valence-electron chi connectivity index (χ4n) is 5.41. The van der Waals surface area contributed by atoms with E-state index in [2.05, 4.69) is 15.3 Å². The van der Waals surface area contributed by atoms with Crippen molar-refractivity contribution in [3.63, 3.8) is 0 Å². The van der Waals surface area contributed by atoms with Gasteiger partial charge in [-0.15, -0.1) is 0 Å². The highest BCUT2D eigenvalue weighted by Crippen LogP contribution is 2.50. The lowest BCUT2D eigenvalue weighted by Gasteiger charge is -2.26. The molecule has 3 amide bonds. The average molecular weight is 547 g/mol. The zero-order valence-electron chi connectivity index (χ0n) is 22.5. The summed E-state index contributed by atoms with van der Waals surface area (Å²) in [6, 6.07) is 7.43. The van der Waals surface area contributed by atoms with E-state index in [9.17, 15) is 24.6 Å². The van der Waals surface area contributed by atoms with Crippen LogP contribution in [0.1, 0.15) is 55.0 Å². The van der Waals surface area contributed by atoms with E-state index in [4.69, 9.17) is 5.73 Å². The Morgan fingerprint density at radius 1 is 1.20 bits per heavy atom. The van der Waals surface area contributed by atoms with Gasteiger partial charge in [-0.05, 0) is 48.6 Å². The van der Waals surface area contributed by atoms with E-state index in [1.54, 1.807) is 23.2 Å². The number of fused-ring (bicyclic) bond motifs is 2. The van der Waals surface area contributed by atoms with Gasteiger partial charge in [0.2, 0.25) is 11.8 Å². The van der Waals surface area contributed by atoms with Crippen molar-refractivity contribution in [1.82, 2.24) is 14.8 Å². The van der Waals surface area contributed by atoms with Gasteiger partial charge in [0.1, 0.15) is 5.84 Å². The number of benzene rings is 1. The number of aliphatic imine (C=N–C) groups is 1. The molecule has 1 aliphatic carbocycles. The molecule has 11 heteroatoms. The lowest BCUT2D eigenvalue weighted by molar-refractivity contribution is -0.127. The van der Waals surface area contributed by atoms with Crippen LogP contribution in [-0.4, -0.2) is 75.0 Å². The van der Waals surface area contributed by atoms with Crippen molar-refractivity contribution in [2.45, 2.75) is 51.0 Å². The summed E-state index contributed by atoms with van der Waals surface area (Å²) < 4.78 is 0. The number of hydrogen-bond acceptors (Lipinski definition) is 7. The van der Waals surface area contributed by atoms with Gasteiger partial charge in [-0.25, -0.2) is 9.79 Å². The molecule has 3 heterocycles. The van der Waals surface area contributed by atoms with E-state index in [0.717, 1.165) is 28.8 Å². The summed E-state index contributed by atoms with van der Waals surface area (Å²) >= 11 is 0. The first kappa shape index (κ1) is 27.3. The number of rotatable bonds is 8. The molecule has 2 aromatic rings. The van der Waals surface area contributed by atoms with Gasteiger partial charge in [0.25, 0.3) is 0 Å². The minimum Gasteiger partial charge on any atom is -0.465 e. The van der Waals surface area contributed by atoms with Crippen LogP contribution in [0.25, 0.3) is 6.08 Å². The van der Waals surface area contributed by atoms with Crippen molar-refractivity contribution in [2.24, 2.45) is 10.7 Å². The maximum Gasteiger partial charge on any atom is 0.407 e. The summed E-state index contributed by atoms with van der Waals surface area (Å²) in [5.41, 5.74) is 10.3. The molecule has 0 radical (unpaired) electrons. The third-order valence-electron chi connectivity index (χ3n) is 7.73. The SMILES string of the molecule is CCCN(CCO)C(=O)C1=Cc2ccc(C3(C(=O)Nc4cnc5c(c4)CN(C(=O)O)CC5)CC3)cc2N=C(N)C1. The second-order valence-electron chi connectivity index (χ2n) is 10.6. The Kier molecular flexibility index (Phi) is 7.57. The predicted octanol–water partition coefficient (Wildman–Crippen LogP) is 2.79. The Balaban J connectivity index is 1.37. The molecular weight excluding hydrogens is 512 g/mol. The largest absolute Gasteiger partial charge is 0.465 e. The van der Waals surface area contributed by atoms with E-state index in [1.807, 2.05) is 25.1 Å². The molecular formula is C29H34N6O5. The molecule has 0 saturated heterocycles. The number of nitrogens with zero attached hydrogens (tertiary/aromatic N) is 4. The van der Waals surface area contributed by atoms with Crippen LogP contribution >= 0.6 is 0 Å². The Morgan fingerprint density at radius 2 is 2.00 bits per heavy atom. The van der Waals surface area contributed by atoms with Crippen LogP contribution in [0.15, 0.2) is 41.0 Å². The van der Waals surface area contributed by atoms with E-state index >= 15 is 0 Å². The van der Waals surface area contributed by atoms with E-state index < -0.39 is 11.5 Å². The first-order valence-electron chi connectivity index (χ1n) is 13.6. The van der Waals surface area contributed by atoms with Gasteiger partial charge in [-0.3, -0.25) is 14.6 Å². The number of amidine groups is 1. The van der Waals surface area contributed by atoms with Crippen molar-refractivity contribution in [3.05, 3.63) is 58.4 Å². The molecule has 1 saturated carbocycles. The summed E-state index contributed by atoms with van der Waals surface area (Å²) in [7, 11) is 0. The van der Waals surface area contributed by atoms with Crippen LogP contribution in [0.2, 0.25) is 0 Å². The number of nitrogens with two attached hydrogens (primary N) is 1. The molecule has 1 aromatic heterocycles. The zero-order chi connectivity index (χ0) is 28.4. The predicted molar refractivity (Wildman–Crippen MR) is 150 cm³/mol. The highest BCUT2D eigenvalue weighted by Gasteiger charge is 2.51. The molecule has 3 aliphatic rings. The summed E-state index contributed by atoms with van der Waals surface area (Å²) in [5, 5.41) is 21.7. The number of amides is 3. The Hall–Kier alpha value is -4.25. The van der Waals surface area contributed by atoms with Crippen LogP contribution in [-0.2, 0) is 28.0 Å². The number of nitrogens with one attached hydrogen (secondary N) is 1. The van der Waals surface area contributed by atoms with Crippen LogP contribution in [0.3, 0.4) is 0 Å². The highest BCUT2D eigenvalue weighted by atomic mass is 16.4. The molecule has 0 unspecified atom stereocenters. The molecule has 0 bridgehead atoms. The molecule has 0 atom stereocenters. The van der Waals surface area contributed by atoms with Gasteiger partial charge >= 0.3 is 6.09 Å². The molecule has 1 aromatic carbocycles. The molecule has 2 aliphatic heterocycles. The second-order valence-corrected chi connectivity index (χ2v) is 10.6.